The highest BCUT2D eigenvalue weighted by molar-refractivity contribution is 7.11. The topological polar surface area (TPSA) is 119 Å². The second-order valence-electron chi connectivity index (χ2n) is 9.64. The molecule has 0 aliphatic carbocycles. The number of hydrogen-bond donors (Lipinski definition) is 1. The molecule has 3 aromatic rings. The van der Waals surface area contributed by atoms with Gasteiger partial charge in [0.2, 0.25) is 0 Å². The zero-order valence-electron chi connectivity index (χ0n) is 23.0. The van der Waals surface area contributed by atoms with E-state index in [4.69, 9.17) is 26.1 Å². The number of aliphatic imine (C=N–C) groups is 1. The molecule has 220 valence electrons. The summed E-state index contributed by atoms with van der Waals surface area (Å²) in [5, 5.41) is 13.5. The van der Waals surface area contributed by atoms with Gasteiger partial charge in [-0.1, -0.05) is 17.7 Å². The fourth-order valence-electron chi connectivity index (χ4n) is 5.07. The van der Waals surface area contributed by atoms with E-state index in [0.29, 0.717) is 53.9 Å². The molecule has 0 radical (unpaired) electrons. The summed E-state index contributed by atoms with van der Waals surface area (Å²) in [6, 6.07) is 3.03. The maximum atomic E-state index is 14.6. The Kier molecular flexibility index (Phi) is 8.78. The number of anilines is 1. The van der Waals surface area contributed by atoms with E-state index in [9.17, 15) is 18.4 Å². The van der Waals surface area contributed by atoms with Crippen LogP contribution in [0.2, 0.25) is 5.02 Å². The van der Waals surface area contributed by atoms with Gasteiger partial charge in [0, 0.05) is 41.8 Å². The lowest BCUT2D eigenvalue weighted by atomic mass is 9.85. The molecule has 1 N–H and O–H groups in total. The number of thiazole rings is 1. The van der Waals surface area contributed by atoms with Gasteiger partial charge in [0.25, 0.3) is 0 Å². The number of aryl methyl sites for hydroxylation is 1. The number of benzene rings is 1. The summed E-state index contributed by atoms with van der Waals surface area (Å²) in [4.78, 5) is 36.5. The molecule has 2 aliphatic rings. The molecular weight excluding hydrogens is 590 g/mol. The third-order valence-electron chi connectivity index (χ3n) is 7.14. The predicted molar refractivity (Wildman–Crippen MR) is 153 cm³/mol. The predicted octanol–water partition coefficient (Wildman–Crippen LogP) is 4.78. The maximum absolute atomic E-state index is 14.6. The van der Waals surface area contributed by atoms with E-state index in [-0.39, 0.29) is 29.4 Å². The van der Waals surface area contributed by atoms with E-state index in [1.54, 1.807) is 31.5 Å². The molecule has 0 saturated carbocycles. The van der Waals surface area contributed by atoms with E-state index >= 15 is 0 Å². The van der Waals surface area contributed by atoms with E-state index in [2.05, 4.69) is 20.5 Å². The van der Waals surface area contributed by atoms with Crippen molar-refractivity contribution >= 4 is 46.5 Å². The van der Waals surface area contributed by atoms with E-state index in [1.807, 2.05) is 4.90 Å². The number of hydrogen-bond acceptors (Lipinski definition) is 11. The SMILES string of the molecule is CCOC(=O)C1=C(C2CCN(c3cc(C)c(C(=O)OC)nn3)CC2)NC(c2nccs2)=NC1c1ccc(F)c(F)c1Cl. The van der Waals surface area contributed by atoms with Gasteiger partial charge in [0.1, 0.15) is 6.04 Å². The van der Waals surface area contributed by atoms with E-state index in [1.165, 1.54) is 24.5 Å². The summed E-state index contributed by atoms with van der Waals surface area (Å²) in [7, 11) is 1.29. The lowest BCUT2D eigenvalue weighted by Crippen LogP contribution is -2.42. The minimum Gasteiger partial charge on any atom is -0.464 e. The van der Waals surface area contributed by atoms with Crippen molar-refractivity contribution in [2.24, 2.45) is 10.9 Å². The molecule has 1 aromatic carbocycles. The van der Waals surface area contributed by atoms with Gasteiger partial charge in [-0.15, -0.1) is 21.5 Å². The molecule has 1 atom stereocenters. The Balaban J connectivity index is 1.51. The van der Waals surface area contributed by atoms with Crippen molar-refractivity contribution in [2.75, 3.05) is 31.7 Å². The Bertz CT molecular complexity index is 1570. The van der Waals surface area contributed by atoms with Crippen molar-refractivity contribution < 1.29 is 27.8 Å². The molecular formula is C28H27ClF2N6O4S. The first kappa shape index (κ1) is 29.5. The quantitative estimate of drug-likeness (QED) is 0.295. The first-order valence-corrected chi connectivity index (χ1v) is 14.5. The monoisotopic (exact) mass is 616 g/mol. The highest BCUT2D eigenvalue weighted by atomic mass is 35.5. The van der Waals surface area contributed by atoms with Crippen LogP contribution in [-0.2, 0) is 14.3 Å². The third kappa shape index (κ3) is 5.71. The minimum atomic E-state index is -1.22. The minimum absolute atomic E-state index is 0.106. The summed E-state index contributed by atoms with van der Waals surface area (Å²) in [5.41, 5.74) is 1.69. The van der Waals surface area contributed by atoms with Crippen LogP contribution in [0.5, 0.6) is 0 Å². The first-order valence-electron chi connectivity index (χ1n) is 13.2. The largest absolute Gasteiger partial charge is 0.464 e. The molecule has 0 spiro atoms. The summed E-state index contributed by atoms with van der Waals surface area (Å²) in [6.07, 6.45) is 2.84. The van der Waals surface area contributed by atoms with Crippen molar-refractivity contribution in [3.8, 4) is 0 Å². The molecule has 4 heterocycles. The summed E-state index contributed by atoms with van der Waals surface area (Å²) in [5.74, 6) is -2.65. The standard InChI is InChI=1S/C28H27ClF2N6O4S/c1-4-41-27(38)19-23(15-7-10-37(11-8-15)18-13-14(2)22(36-35-18)28(39)40-3)33-25(26-32-9-12-42-26)34-24(19)16-5-6-17(30)21(31)20(16)29/h5-6,9,12-13,15,24H,4,7-8,10-11H2,1-3H3,(H,33,34). The molecule has 0 amide bonds. The van der Waals surface area contributed by atoms with Crippen LogP contribution in [0, 0.1) is 24.5 Å². The van der Waals surface area contributed by atoms with Crippen LogP contribution < -0.4 is 10.2 Å². The van der Waals surface area contributed by atoms with Gasteiger partial charge in [0.05, 0.1) is 24.3 Å². The number of ether oxygens (including phenoxy) is 2. The molecule has 2 aliphatic heterocycles. The Morgan fingerprint density at radius 1 is 1.19 bits per heavy atom. The number of aromatic nitrogens is 3. The van der Waals surface area contributed by atoms with Crippen LogP contribution in [0.4, 0.5) is 14.6 Å². The van der Waals surface area contributed by atoms with Crippen molar-refractivity contribution in [1.29, 1.82) is 0 Å². The fourth-order valence-corrected chi connectivity index (χ4v) is 5.91. The van der Waals surface area contributed by atoms with Gasteiger partial charge < -0.3 is 19.7 Å². The van der Waals surface area contributed by atoms with Crippen molar-refractivity contribution in [3.05, 3.63) is 79.5 Å². The Morgan fingerprint density at radius 3 is 2.60 bits per heavy atom. The highest BCUT2D eigenvalue weighted by Crippen LogP contribution is 2.41. The van der Waals surface area contributed by atoms with Crippen molar-refractivity contribution in [3.63, 3.8) is 0 Å². The molecule has 2 aromatic heterocycles. The van der Waals surface area contributed by atoms with Crippen molar-refractivity contribution in [2.45, 2.75) is 32.7 Å². The van der Waals surface area contributed by atoms with Crippen molar-refractivity contribution in [1.82, 2.24) is 20.5 Å². The fraction of sp³-hybridized carbons (Fsp3) is 0.357. The summed E-state index contributed by atoms with van der Waals surface area (Å²) >= 11 is 7.63. The molecule has 5 rings (SSSR count). The van der Waals surface area contributed by atoms with Crippen LogP contribution in [0.15, 0.2) is 46.0 Å². The number of allylic oxidation sites excluding steroid dienone is 1. The molecule has 1 fully saturated rings. The van der Waals surface area contributed by atoms with Crippen LogP contribution in [0.1, 0.15) is 52.4 Å². The van der Waals surface area contributed by atoms with Gasteiger partial charge in [-0.2, -0.15) is 0 Å². The molecule has 42 heavy (non-hydrogen) atoms. The average molecular weight is 617 g/mol. The molecule has 1 unspecified atom stereocenters. The van der Waals surface area contributed by atoms with Crippen LogP contribution in [-0.4, -0.2) is 59.8 Å². The van der Waals surface area contributed by atoms with Crippen LogP contribution in [0.25, 0.3) is 0 Å². The van der Waals surface area contributed by atoms with Gasteiger partial charge in [-0.3, -0.25) is 4.99 Å². The molecule has 0 bridgehead atoms. The molecule has 14 heteroatoms. The zero-order valence-corrected chi connectivity index (χ0v) is 24.6. The summed E-state index contributed by atoms with van der Waals surface area (Å²) in [6.45, 7) is 4.69. The Hall–Kier alpha value is -3.97. The number of nitrogens with one attached hydrogen (secondary N) is 1. The number of piperidine rings is 1. The number of methoxy groups -OCH3 is 1. The van der Waals surface area contributed by atoms with Gasteiger partial charge in [-0.05, 0) is 44.4 Å². The second-order valence-corrected chi connectivity index (χ2v) is 10.9. The normalized spacial score (nSPS) is 17.5. The average Bonchev–Trinajstić information content (AvgIpc) is 3.54. The first-order chi connectivity index (χ1) is 20.2. The lowest BCUT2D eigenvalue weighted by Gasteiger charge is -2.37. The Morgan fingerprint density at radius 2 is 1.95 bits per heavy atom. The van der Waals surface area contributed by atoms with Gasteiger partial charge in [0.15, 0.2) is 34.0 Å². The number of carbonyl (C=O) groups is 2. The maximum Gasteiger partial charge on any atom is 0.358 e. The number of amidine groups is 1. The Labute approximate surface area is 249 Å². The van der Waals surface area contributed by atoms with Crippen LogP contribution >= 0.6 is 22.9 Å². The zero-order chi connectivity index (χ0) is 30.0. The van der Waals surface area contributed by atoms with Gasteiger partial charge >= 0.3 is 11.9 Å². The number of halogens is 3. The van der Waals surface area contributed by atoms with Gasteiger partial charge in [-0.25, -0.2) is 23.4 Å². The molecule has 1 saturated heterocycles. The second kappa shape index (κ2) is 12.5. The molecule has 10 nitrogen and oxygen atoms in total. The lowest BCUT2D eigenvalue weighted by molar-refractivity contribution is -0.139. The number of esters is 2. The third-order valence-corrected chi connectivity index (χ3v) is 8.31. The van der Waals surface area contributed by atoms with E-state index in [0.717, 1.165) is 6.07 Å². The summed E-state index contributed by atoms with van der Waals surface area (Å²) < 4.78 is 38.8. The van der Waals surface area contributed by atoms with E-state index < -0.39 is 34.6 Å². The number of nitrogens with zero attached hydrogens (tertiary/aromatic N) is 5. The smallest absolute Gasteiger partial charge is 0.358 e. The highest BCUT2D eigenvalue weighted by Gasteiger charge is 2.38. The number of rotatable bonds is 7. The number of carbonyl (C=O) groups excluding carboxylic acids is 2. The van der Waals surface area contributed by atoms with Crippen LogP contribution in [0.3, 0.4) is 0 Å².